The van der Waals surface area contributed by atoms with Gasteiger partial charge in [0.2, 0.25) is 0 Å². The van der Waals surface area contributed by atoms with Crippen LogP contribution in [0.4, 0.5) is 10.1 Å². The zero-order valence-electron chi connectivity index (χ0n) is 8.41. The minimum atomic E-state index is -0.377. The molecule has 3 nitrogen and oxygen atoms in total. The molecule has 0 aromatic heterocycles. The first kappa shape index (κ1) is 10.2. The average molecular weight is 211 g/mol. The molecule has 0 bridgehead atoms. The van der Waals surface area contributed by atoms with Crippen molar-refractivity contribution < 1.29 is 13.9 Å². The highest BCUT2D eigenvalue weighted by atomic mass is 19.1. The van der Waals surface area contributed by atoms with Crippen molar-refractivity contribution >= 4 is 5.69 Å². The third-order valence-corrected chi connectivity index (χ3v) is 2.35. The zero-order valence-corrected chi connectivity index (χ0v) is 8.41. The van der Waals surface area contributed by atoms with Crippen LogP contribution in [0.15, 0.2) is 18.2 Å². The summed E-state index contributed by atoms with van der Waals surface area (Å²) in [6, 6.07) is 4.20. The second-order valence-corrected chi connectivity index (χ2v) is 3.67. The van der Waals surface area contributed by atoms with Gasteiger partial charge in [0, 0.05) is 24.4 Å². The van der Waals surface area contributed by atoms with Crippen LogP contribution in [-0.4, -0.2) is 19.3 Å². The lowest BCUT2D eigenvalue weighted by Crippen LogP contribution is -2.16. The summed E-state index contributed by atoms with van der Waals surface area (Å²) < 4.78 is 23.7. The molecule has 82 valence electrons. The normalized spacial score (nSPS) is 20.5. The van der Waals surface area contributed by atoms with Gasteiger partial charge in [-0.05, 0) is 18.9 Å². The van der Waals surface area contributed by atoms with Crippen molar-refractivity contribution in [2.45, 2.75) is 18.9 Å². The number of benzene rings is 1. The van der Waals surface area contributed by atoms with Gasteiger partial charge in [0.15, 0.2) is 0 Å². The molecule has 1 unspecified atom stereocenters. The lowest BCUT2D eigenvalue weighted by Gasteiger charge is -2.11. The van der Waals surface area contributed by atoms with Gasteiger partial charge in [-0.3, -0.25) is 0 Å². The van der Waals surface area contributed by atoms with Gasteiger partial charge >= 0.3 is 0 Å². The van der Waals surface area contributed by atoms with E-state index in [2.05, 4.69) is 0 Å². The van der Waals surface area contributed by atoms with Crippen LogP contribution in [-0.2, 0) is 4.74 Å². The van der Waals surface area contributed by atoms with Crippen LogP contribution in [0.5, 0.6) is 5.75 Å². The van der Waals surface area contributed by atoms with Crippen LogP contribution in [0.1, 0.15) is 12.8 Å². The average Bonchev–Trinajstić information content (AvgIpc) is 2.65. The van der Waals surface area contributed by atoms with Crippen molar-refractivity contribution in [1.29, 1.82) is 0 Å². The molecule has 0 spiro atoms. The van der Waals surface area contributed by atoms with Gasteiger partial charge < -0.3 is 15.2 Å². The van der Waals surface area contributed by atoms with E-state index in [-0.39, 0.29) is 11.9 Å². The number of anilines is 1. The molecule has 0 amide bonds. The van der Waals surface area contributed by atoms with E-state index in [1.165, 1.54) is 12.1 Å². The summed E-state index contributed by atoms with van der Waals surface area (Å²) >= 11 is 0. The van der Waals surface area contributed by atoms with E-state index in [0.29, 0.717) is 18.0 Å². The Bertz CT molecular complexity index is 317. The van der Waals surface area contributed by atoms with Crippen molar-refractivity contribution in [3.05, 3.63) is 24.0 Å². The number of halogens is 1. The fraction of sp³-hybridized carbons (Fsp3) is 0.455. The first-order valence-electron chi connectivity index (χ1n) is 5.04. The molecular formula is C11H14FNO2. The van der Waals surface area contributed by atoms with E-state index in [1.807, 2.05) is 0 Å². The van der Waals surface area contributed by atoms with E-state index in [4.69, 9.17) is 15.2 Å². The summed E-state index contributed by atoms with van der Waals surface area (Å²) in [4.78, 5) is 0. The van der Waals surface area contributed by atoms with Crippen LogP contribution in [0.3, 0.4) is 0 Å². The quantitative estimate of drug-likeness (QED) is 0.777. The predicted molar refractivity (Wildman–Crippen MR) is 55.3 cm³/mol. The van der Waals surface area contributed by atoms with Gasteiger partial charge in [-0.15, -0.1) is 0 Å². The molecule has 1 atom stereocenters. The molecule has 1 aliphatic heterocycles. The lowest BCUT2D eigenvalue weighted by atomic mass is 10.2. The van der Waals surface area contributed by atoms with Crippen LogP contribution in [0.25, 0.3) is 0 Å². The highest BCUT2D eigenvalue weighted by Crippen LogP contribution is 2.19. The second-order valence-electron chi connectivity index (χ2n) is 3.67. The van der Waals surface area contributed by atoms with Crippen molar-refractivity contribution in [2.75, 3.05) is 18.9 Å². The number of hydrogen-bond acceptors (Lipinski definition) is 3. The summed E-state index contributed by atoms with van der Waals surface area (Å²) in [5.74, 6) is 0.0836. The molecular weight excluding hydrogens is 197 g/mol. The first-order chi connectivity index (χ1) is 7.24. The fourth-order valence-electron chi connectivity index (χ4n) is 1.63. The minimum Gasteiger partial charge on any atom is -0.491 e. The highest BCUT2D eigenvalue weighted by molar-refractivity contribution is 5.44. The monoisotopic (exact) mass is 211 g/mol. The molecule has 4 heteroatoms. The predicted octanol–water partition coefficient (Wildman–Crippen LogP) is 1.97. The Morgan fingerprint density at radius 3 is 3.00 bits per heavy atom. The molecule has 1 heterocycles. The molecule has 2 N–H and O–H groups in total. The Morgan fingerprint density at radius 2 is 2.33 bits per heavy atom. The summed E-state index contributed by atoms with van der Waals surface area (Å²) in [6.45, 7) is 1.25. The molecule has 1 aliphatic rings. The number of hydrogen-bond donors (Lipinski definition) is 1. The van der Waals surface area contributed by atoms with Crippen LogP contribution >= 0.6 is 0 Å². The molecule has 1 saturated heterocycles. The van der Waals surface area contributed by atoms with Gasteiger partial charge in [-0.25, -0.2) is 4.39 Å². The summed E-state index contributed by atoms with van der Waals surface area (Å²) in [7, 11) is 0. The van der Waals surface area contributed by atoms with Gasteiger partial charge in [0.05, 0.1) is 6.10 Å². The second kappa shape index (κ2) is 4.49. The minimum absolute atomic E-state index is 0.134. The summed E-state index contributed by atoms with van der Waals surface area (Å²) in [5.41, 5.74) is 5.86. The number of rotatable bonds is 3. The maximum Gasteiger partial charge on any atom is 0.128 e. The van der Waals surface area contributed by atoms with Gasteiger partial charge in [-0.1, -0.05) is 0 Å². The molecule has 15 heavy (non-hydrogen) atoms. The maximum atomic E-state index is 12.9. The Hall–Kier alpha value is -1.29. The van der Waals surface area contributed by atoms with Crippen molar-refractivity contribution in [3.8, 4) is 5.75 Å². The van der Waals surface area contributed by atoms with Crippen LogP contribution in [0, 0.1) is 5.82 Å². The molecule has 0 aliphatic carbocycles. The Kier molecular flexibility index (Phi) is 3.06. The standard InChI is InChI=1S/C11H14FNO2/c12-8-4-9(13)6-11(5-8)15-7-10-2-1-3-14-10/h4-6,10H,1-3,7,13H2. The number of ether oxygens (including phenoxy) is 2. The molecule has 2 rings (SSSR count). The topological polar surface area (TPSA) is 44.5 Å². The molecule has 1 aromatic carbocycles. The van der Waals surface area contributed by atoms with Gasteiger partial charge in [0.1, 0.15) is 18.2 Å². The number of nitrogens with two attached hydrogens (primary N) is 1. The van der Waals surface area contributed by atoms with Crippen LogP contribution in [0.2, 0.25) is 0 Å². The van der Waals surface area contributed by atoms with Gasteiger partial charge in [-0.2, -0.15) is 0 Å². The third kappa shape index (κ3) is 2.83. The van der Waals surface area contributed by atoms with Crippen molar-refractivity contribution in [3.63, 3.8) is 0 Å². The van der Waals surface area contributed by atoms with E-state index in [1.54, 1.807) is 6.07 Å². The Morgan fingerprint density at radius 1 is 1.47 bits per heavy atom. The SMILES string of the molecule is Nc1cc(F)cc(OCC2CCCO2)c1. The molecule has 0 radical (unpaired) electrons. The third-order valence-electron chi connectivity index (χ3n) is 2.35. The lowest BCUT2D eigenvalue weighted by molar-refractivity contribution is 0.0678. The van der Waals surface area contributed by atoms with Gasteiger partial charge in [0.25, 0.3) is 0 Å². The molecule has 1 fully saturated rings. The van der Waals surface area contributed by atoms with Crippen molar-refractivity contribution in [1.82, 2.24) is 0 Å². The highest BCUT2D eigenvalue weighted by Gasteiger charge is 2.16. The molecule has 0 saturated carbocycles. The Balaban J connectivity index is 1.92. The fourth-order valence-corrected chi connectivity index (χ4v) is 1.63. The zero-order chi connectivity index (χ0) is 10.7. The van der Waals surface area contributed by atoms with E-state index in [0.717, 1.165) is 19.4 Å². The van der Waals surface area contributed by atoms with E-state index in [9.17, 15) is 4.39 Å². The summed E-state index contributed by atoms with van der Waals surface area (Å²) in [5, 5.41) is 0. The smallest absolute Gasteiger partial charge is 0.128 e. The van der Waals surface area contributed by atoms with E-state index >= 15 is 0 Å². The Labute approximate surface area is 88.0 Å². The van der Waals surface area contributed by atoms with Crippen LogP contribution < -0.4 is 10.5 Å². The van der Waals surface area contributed by atoms with Crippen molar-refractivity contribution in [2.24, 2.45) is 0 Å². The maximum absolute atomic E-state index is 12.9. The number of nitrogen functional groups attached to an aromatic ring is 1. The summed E-state index contributed by atoms with van der Waals surface area (Å²) in [6.07, 6.45) is 2.21. The largest absolute Gasteiger partial charge is 0.491 e. The molecule has 1 aromatic rings. The first-order valence-corrected chi connectivity index (χ1v) is 5.04. The van der Waals surface area contributed by atoms with E-state index < -0.39 is 0 Å².